The minimum absolute atomic E-state index is 0.119. The van der Waals surface area contributed by atoms with E-state index in [4.69, 9.17) is 19.9 Å². The first kappa shape index (κ1) is 21.6. The quantitative estimate of drug-likeness (QED) is 0.343. The first-order chi connectivity index (χ1) is 12.2. The molecule has 0 fully saturated rings. The van der Waals surface area contributed by atoms with Crippen molar-refractivity contribution in [3.63, 3.8) is 0 Å². The standard InChI is InChI=1S/C18H27NO7/c1-4-5-8-24-18(23)26-12(3)11(2)25-17(22)14(19)9-13-6-7-15(20)16(21)10-13/h6-7,10-12,14,20-21H,4-5,8-9,19H2,1-3H3/t11-,12-,14-/m0/s1. The van der Waals surface area contributed by atoms with Gasteiger partial charge in [0.2, 0.25) is 0 Å². The van der Waals surface area contributed by atoms with E-state index in [1.807, 2.05) is 6.92 Å². The van der Waals surface area contributed by atoms with Gasteiger partial charge in [0.25, 0.3) is 0 Å². The predicted molar refractivity (Wildman–Crippen MR) is 93.8 cm³/mol. The number of hydrogen-bond donors (Lipinski definition) is 3. The maximum absolute atomic E-state index is 12.1. The SMILES string of the molecule is CCCCOC(=O)O[C@@H](C)[C@H](C)OC(=O)[C@@H](N)Cc1ccc(O)c(O)c1. The number of benzene rings is 1. The monoisotopic (exact) mass is 369 g/mol. The summed E-state index contributed by atoms with van der Waals surface area (Å²) in [5.74, 6) is -1.21. The van der Waals surface area contributed by atoms with Crippen molar-refractivity contribution in [2.45, 2.75) is 58.3 Å². The summed E-state index contributed by atoms with van der Waals surface area (Å²) in [6.45, 7) is 5.42. The summed E-state index contributed by atoms with van der Waals surface area (Å²) in [7, 11) is 0. The Bertz CT molecular complexity index is 605. The van der Waals surface area contributed by atoms with Gasteiger partial charge in [-0.05, 0) is 44.4 Å². The lowest BCUT2D eigenvalue weighted by Crippen LogP contribution is -2.39. The maximum Gasteiger partial charge on any atom is 0.508 e. The number of ether oxygens (including phenoxy) is 3. The number of hydrogen-bond acceptors (Lipinski definition) is 8. The van der Waals surface area contributed by atoms with Crippen LogP contribution in [0.1, 0.15) is 39.2 Å². The van der Waals surface area contributed by atoms with Crippen molar-refractivity contribution in [2.24, 2.45) is 5.73 Å². The minimum atomic E-state index is -0.968. The Morgan fingerprint density at radius 2 is 1.77 bits per heavy atom. The van der Waals surface area contributed by atoms with E-state index in [2.05, 4.69) is 0 Å². The molecule has 8 heteroatoms. The van der Waals surface area contributed by atoms with Crippen molar-refractivity contribution in [1.29, 1.82) is 0 Å². The van der Waals surface area contributed by atoms with Crippen LogP contribution in [-0.4, -0.2) is 47.2 Å². The van der Waals surface area contributed by atoms with Crippen molar-refractivity contribution in [1.82, 2.24) is 0 Å². The number of esters is 1. The van der Waals surface area contributed by atoms with Gasteiger partial charge in [-0.15, -0.1) is 0 Å². The smallest absolute Gasteiger partial charge is 0.504 e. The fourth-order valence-corrected chi connectivity index (χ4v) is 1.98. The van der Waals surface area contributed by atoms with E-state index in [-0.39, 0.29) is 24.5 Å². The van der Waals surface area contributed by atoms with Gasteiger partial charge in [0, 0.05) is 0 Å². The lowest BCUT2D eigenvalue weighted by molar-refractivity contribution is -0.155. The summed E-state index contributed by atoms with van der Waals surface area (Å²) < 4.78 is 15.1. The predicted octanol–water partition coefficient (Wildman–Crippen LogP) is 2.24. The molecule has 26 heavy (non-hydrogen) atoms. The second-order valence-corrected chi connectivity index (χ2v) is 6.05. The molecular weight excluding hydrogens is 342 g/mol. The Labute approximate surface area is 152 Å². The van der Waals surface area contributed by atoms with Gasteiger partial charge in [-0.1, -0.05) is 19.4 Å². The van der Waals surface area contributed by atoms with Crippen molar-refractivity contribution < 1.29 is 34.0 Å². The summed E-state index contributed by atoms with van der Waals surface area (Å²) in [6, 6.07) is 3.21. The number of unbranched alkanes of at least 4 members (excludes halogenated alkanes) is 1. The molecule has 0 bridgehead atoms. The Kier molecular flexibility index (Phi) is 8.71. The zero-order chi connectivity index (χ0) is 19.7. The van der Waals surface area contributed by atoms with E-state index < -0.39 is 30.4 Å². The highest BCUT2D eigenvalue weighted by Crippen LogP contribution is 2.25. The first-order valence-electron chi connectivity index (χ1n) is 8.54. The first-order valence-corrected chi connectivity index (χ1v) is 8.54. The molecule has 0 aliphatic carbocycles. The van der Waals surface area contributed by atoms with Crippen molar-refractivity contribution >= 4 is 12.1 Å². The fraction of sp³-hybridized carbons (Fsp3) is 0.556. The number of phenols is 2. The van der Waals surface area contributed by atoms with Crippen LogP contribution in [0.15, 0.2) is 18.2 Å². The highest BCUT2D eigenvalue weighted by Gasteiger charge is 2.24. The second kappa shape index (κ2) is 10.5. The van der Waals surface area contributed by atoms with Crippen molar-refractivity contribution in [3.8, 4) is 11.5 Å². The van der Waals surface area contributed by atoms with Crippen LogP contribution in [0.5, 0.6) is 11.5 Å². The van der Waals surface area contributed by atoms with Crippen molar-refractivity contribution in [2.75, 3.05) is 6.61 Å². The molecule has 0 saturated heterocycles. The van der Waals surface area contributed by atoms with Gasteiger partial charge in [-0.2, -0.15) is 0 Å². The molecule has 1 rings (SSSR count). The fourth-order valence-electron chi connectivity index (χ4n) is 1.98. The molecule has 3 atom stereocenters. The second-order valence-electron chi connectivity index (χ2n) is 6.05. The Morgan fingerprint density at radius 3 is 2.38 bits per heavy atom. The number of nitrogens with two attached hydrogens (primary N) is 1. The van der Waals surface area contributed by atoms with E-state index >= 15 is 0 Å². The molecule has 4 N–H and O–H groups in total. The average Bonchev–Trinajstić information content (AvgIpc) is 2.58. The topological polar surface area (TPSA) is 128 Å². The van der Waals surface area contributed by atoms with Gasteiger partial charge in [0.05, 0.1) is 6.61 Å². The molecule has 146 valence electrons. The number of rotatable bonds is 9. The molecule has 0 spiro atoms. The van der Waals surface area contributed by atoms with Crippen LogP contribution < -0.4 is 5.73 Å². The molecule has 0 aliphatic heterocycles. The minimum Gasteiger partial charge on any atom is -0.504 e. The van der Waals surface area contributed by atoms with Gasteiger partial charge in [-0.3, -0.25) is 4.79 Å². The third-order valence-corrected chi connectivity index (χ3v) is 3.76. The molecule has 1 aromatic rings. The molecule has 0 radical (unpaired) electrons. The summed E-state index contributed by atoms with van der Waals surface area (Å²) in [4.78, 5) is 23.6. The van der Waals surface area contributed by atoms with Crippen molar-refractivity contribution in [3.05, 3.63) is 23.8 Å². The van der Waals surface area contributed by atoms with Crippen LogP contribution >= 0.6 is 0 Å². The summed E-state index contributed by atoms with van der Waals surface area (Å²) in [6.07, 6.45) is -0.451. The van der Waals surface area contributed by atoms with E-state index in [1.165, 1.54) is 12.1 Å². The maximum atomic E-state index is 12.1. The molecule has 0 saturated carbocycles. The number of phenolic OH excluding ortho intramolecular Hbond substituents is 2. The van der Waals surface area contributed by atoms with Crippen LogP contribution in [0, 0.1) is 0 Å². The Hall–Kier alpha value is -2.48. The number of carbonyl (C=O) groups is 2. The zero-order valence-corrected chi connectivity index (χ0v) is 15.3. The highest BCUT2D eigenvalue weighted by molar-refractivity contribution is 5.76. The molecule has 0 unspecified atom stereocenters. The van der Waals surface area contributed by atoms with Gasteiger partial charge < -0.3 is 30.2 Å². The lowest BCUT2D eigenvalue weighted by Gasteiger charge is -2.22. The van der Waals surface area contributed by atoms with Crippen LogP contribution in [0.3, 0.4) is 0 Å². The third kappa shape index (κ3) is 7.18. The lowest BCUT2D eigenvalue weighted by atomic mass is 10.1. The Balaban J connectivity index is 2.46. The average molecular weight is 369 g/mol. The van der Waals surface area contributed by atoms with E-state index in [0.29, 0.717) is 5.56 Å². The third-order valence-electron chi connectivity index (χ3n) is 3.76. The van der Waals surface area contributed by atoms with E-state index in [0.717, 1.165) is 12.8 Å². The largest absolute Gasteiger partial charge is 0.508 e. The van der Waals surface area contributed by atoms with Gasteiger partial charge in [-0.25, -0.2) is 4.79 Å². The summed E-state index contributed by atoms with van der Waals surface area (Å²) in [5.41, 5.74) is 6.39. The van der Waals surface area contributed by atoms with Gasteiger partial charge in [0.15, 0.2) is 11.5 Å². The van der Waals surface area contributed by atoms with Crippen LogP contribution in [0.2, 0.25) is 0 Å². The van der Waals surface area contributed by atoms with E-state index in [9.17, 15) is 19.8 Å². The van der Waals surface area contributed by atoms with Crippen LogP contribution in [0.4, 0.5) is 4.79 Å². The number of carbonyl (C=O) groups excluding carboxylic acids is 2. The molecule has 0 aromatic heterocycles. The highest BCUT2D eigenvalue weighted by atomic mass is 16.7. The molecule has 8 nitrogen and oxygen atoms in total. The summed E-state index contributed by atoms with van der Waals surface area (Å²) in [5, 5.41) is 18.7. The van der Waals surface area contributed by atoms with Gasteiger partial charge >= 0.3 is 12.1 Å². The molecule has 0 heterocycles. The van der Waals surface area contributed by atoms with E-state index in [1.54, 1.807) is 19.9 Å². The molecular formula is C18H27NO7. The molecule has 1 aromatic carbocycles. The Morgan fingerprint density at radius 1 is 1.12 bits per heavy atom. The van der Waals surface area contributed by atoms with Crippen LogP contribution in [0.25, 0.3) is 0 Å². The summed E-state index contributed by atoms with van der Waals surface area (Å²) >= 11 is 0. The number of aromatic hydroxyl groups is 2. The zero-order valence-electron chi connectivity index (χ0n) is 15.3. The van der Waals surface area contributed by atoms with Gasteiger partial charge in [0.1, 0.15) is 18.2 Å². The molecule has 0 aliphatic rings. The normalized spacial score (nSPS) is 14.2. The van der Waals surface area contributed by atoms with Crippen LogP contribution in [-0.2, 0) is 25.4 Å². The molecule has 0 amide bonds.